The minimum Gasteiger partial charge on any atom is -0.303 e. The zero-order valence-corrected chi connectivity index (χ0v) is 8.70. The first-order valence-corrected chi connectivity index (χ1v) is 5.26. The Kier molecular flexibility index (Phi) is 5.58. The molecule has 0 atom stereocenters. The summed E-state index contributed by atoms with van der Waals surface area (Å²) in [6.07, 6.45) is 15.7. The summed E-state index contributed by atoms with van der Waals surface area (Å²) < 4.78 is 0. The van der Waals surface area contributed by atoms with E-state index in [1.807, 2.05) is 25.3 Å². The highest BCUT2D eigenvalue weighted by molar-refractivity contribution is 5.82. The van der Waals surface area contributed by atoms with E-state index in [4.69, 9.17) is 0 Å². The van der Waals surface area contributed by atoms with Gasteiger partial charge in [-0.3, -0.25) is 0 Å². The average Bonchev–Trinajstić information content (AvgIpc) is 2.65. The van der Waals surface area contributed by atoms with Crippen molar-refractivity contribution < 1.29 is 4.79 Å². The summed E-state index contributed by atoms with van der Waals surface area (Å²) in [5.41, 5.74) is 0. The fourth-order valence-electron chi connectivity index (χ4n) is 1.43. The summed E-state index contributed by atoms with van der Waals surface area (Å²) in [7, 11) is 0. The van der Waals surface area contributed by atoms with Gasteiger partial charge in [-0.2, -0.15) is 0 Å². The standard InChI is InChI=1S/C13H17O/c1-2-3-4-5-6-8-12-9-7-10-13(12)11-14/h6-11H,2-5H2,1H3/b8-6-. The molecule has 75 valence electrons. The summed E-state index contributed by atoms with van der Waals surface area (Å²) in [5, 5.41) is 0. The van der Waals surface area contributed by atoms with E-state index in [-0.39, 0.29) is 0 Å². The van der Waals surface area contributed by atoms with Gasteiger partial charge in [0.1, 0.15) is 6.29 Å². The van der Waals surface area contributed by atoms with Crippen molar-refractivity contribution in [1.82, 2.24) is 0 Å². The van der Waals surface area contributed by atoms with Gasteiger partial charge in [0.05, 0.1) is 5.92 Å². The van der Waals surface area contributed by atoms with Crippen LogP contribution in [0.4, 0.5) is 0 Å². The molecule has 0 aromatic rings. The SMILES string of the molecule is CCCCC/C=C\[C]1[CH][CH][CH][C]1C=O. The first-order valence-electron chi connectivity index (χ1n) is 5.26. The van der Waals surface area contributed by atoms with Gasteiger partial charge in [0.2, 0.25) is 0 Å². The molecule has 1 aliphatic carbocycles. The molecule has 0 unspecified atom stereocenters. The number of aldehydes is 1. The van der Waals surface area contributed by atoms with Gasteiger partial charge in [-0.15, -0.1) is 0 Å². The van der Waals surface area contributed by atoms with Crippen molar-refractivity contribution in [3.05, 3.63) is 43.3 Å². The van der Waals surface area contributed by atoms with E-state index in [2.05, 4.69) is 13.0 Å². The molecule has 0 N–H and O–H groups in total. The van der Waals surface area contributed by atoms with Crippen molar-refractivity contribution in [3.8, 4) is 0 Å². The van der Waals surface area contributed by atoms with E-state index in [0.29, 0.717) is 0 Å². The molecule has 1 nitrogen and oxygen atoms in total. The monoisotopic (exact) mass is 189 g/mol. The number of carbonyl (C=O) groups is 1. The van der Waals surface area contributed by atoms with Gasteiger partial charge >= 0.3 is 0 Å². The van der Waals surface area contributed by atoms with Gasteiger partial charge < -0.3 is 4.79 Å². The van der Waals surface area contributed by atoms with E-state index in [9.17, 15) is 4.79 Å². The van der Waals surface area contributed by atoms with Crippen LogP contribution in [0.1, 0.15) is 32.6 Å². The highest BCUT2D eigenvalue weighted by atomic mass is 16.1. The first-order chi connectivity index (χ1) is 6.88. The number of allylic oxidation sites excluding steroid dienone is 2. The molecule has 0 saturated heterocycles. The zero-order valence-electron chi connectivity index (χ0n) is 8.70. The maximum Gasteiger partial charge on any atom is 0.128 e. The lowest BCUT2D eigenvalue weighted by atomic mass is 9.97. The second-order valence-corrected chi connectivity index (χ2v) is 3.45. The Balaban J connectivity index is 2.18. The third-order valence-corrected chi connectivity index (χ3v) is 2.28. The lowest BCUT2D eigenvalue weighted by Crippen LogP contribution is -2.01. The minimum atomic E-state index is 0.789. The number of rotatable bonds is 6. The molecule has 1 saturated carbocycles. The van der Waals surface area contributed by atoms with Crippen molar-refractivity contribution >= 4 is 6.29 Å². The van der Waals surface area contributed by atoms with E-state index in [1.54, 1.807) is 0 Å². The largest absolute Gasteiger partial charge is 0.303 e. The fourth-order valence-corrected chi connectivity index (χ4v) is 1.43. The quantitative estimate of drug-likeness (QED) is 0.463. The molecule has 0 bridgehead atoms. The number of carbonyl (C=O) groups excluding carboxylic acids is 1. The van der Waals surface area contributed by atoms with Gasteiger partial charge in [-0.25, -0.2) is 0 Å². The van der Waals surface area contributed by atoms with Crippen LogP contribution in [0, 0.1) is 31.1 Å². The van der Waals surface area contributed by atoms with E-state index in [0.717, 1.165) is 24.5 Å². The maximum absolute atomic E-state index is 10.6. The van der Waals surface area contributed by atoms with E-state index in [1.165, 1.54) is 19.3 Å². The van der Waals surface area contributed by atoms with Crippen LogP contribution < -0.4 is 0 Å². The summed E-state index contributed by atoms with van der Waals surface area (Å²) in [4.78, 5) is 10.6. The molecule has 0 amide bonds. The van der Waals surface area contributed by atoms with Crippen LogP contribution in [0.3, 0.4) is 0 Å². The predicted octanol–water partition coefficient (Wildman–Crippen LogP) is 3.10. The van der Waals surface area contributed by atoms with Crippen LogP contribution in [0.5, 0.6) is 0 Å². The van der Waals surface area contributed by atoms with Crippen molar-refractivity contribution in [3.63, 3.8) is 0 Å². The Morgan fingerprint density at radius 3 is 2.71 bits per heavy atom. The fraction of sp³-hybridized carbons (Fsp3) is 0.385. The van der Waals surface area contributed by atoms with Gasteiger partial charge in [0, 0.05) is 5.92 Å². The summed E-state index contributed by atoms with van der Waals surface area (Å²) in [5.74, 6) is 1.83. The van der Waals surface area contributed by atoms with Crippen LogP contribution in [-0.4, -0.2) is 6.29 Å². The van der Waals surface area contributed by atoms with Crippen molar-refractivity contribution in [2.24, 2.45) is 0 Å². The van der Waals surface area contributed by atoms with Crippen LogP contribution in [0.25, 0.3) is 0 Å². The molecule has 0 heterocycles. The minimum absolute atomic E-state index is 0.789. The summed E-state index contributed by atoms with van der Waals surface area (Å²) in [6, 6.07) is 0. The van der Waals surface area contributed by atoms with Crippen molar-refractivity contribution in [2.75, 3.05) is 0 Å². The summed E-state index contributed by atoms with van der Waals surface area (Å²) in [6.45, 7) is 2.20. The predicted molar refractivity (Wildman–Crippen MR) is 58.7 cm³/mol. The normalized spacial score (nSPS) is 19.5. The lowest BCUT2D eigenvalue weighted by Gasteiger charge is -2.05. The number of unbranched alkanes of at least 4 members (excludes halogenated alkanes) is 3. The number of hydrogen-bond donors (Lipinski definition) is 0. The third-order valence-electron chi connectivity index (χ3n) is 2.28. The molecule has 0 aromatic heterocycles. The molecule has 1 aliphatic rings. The van der Waals surface area contributed by atoms with Crippen LogP contribution >= 0.6 is 0 Å². The molecule has 14 heavy (non-hydrogen) atoms. The Labute approximate surface area is 87.6 Å². The second-order valence-electron chi connectivity index (χ2n) is 3.45. The van der Waals surface area contributed by atoms with E-state index < -0.39 is 0 Å². The Hall–Kier alpha value is -0.590. The smallest absolute Gasteiger partial charge is 0.128 e. The van der Waals surface area contributed by atoms with Crippen molar-refractivity contribution in [2.45, 2.75) is 32.6 Å². The molecule has 0 aromatic carbocycles. The maximum atomic E-state index is 10.6. The molecule has 0 aliphatic heterocycles. The third kappa shape index (κ3) is 3.65. The molecule has 1 fully saturated rings. The zero-order chi connectivity index (χ0) is 10.2. The average molecular weight is 189 g/mol. The topological polar surface area (TPSA) is 17.1 Å². The summed E-state index contributed by atoms with van der Waals surface area (Å²) >= 11 is 0. The molecular formula is C13H17O. The second kappa shape index (κ2) is 6.80. The van der Waals surface area contributed by atoms with Gasteiger partial charge in [0.15, 0.2) is 0 Å². The Morgan fingerprint density at radius 2 is 2.00 bits per heavy atom. The molecule has 1 rings (SSSR count). The van der Waals surface area contributed by atoms with E-state index >= 15 is 0 Å². The van der Waals surface area contributed by atoms with Crippen LogP contribution in [-0.2, 0) is 4.79 Å². The Morgan fingerprint density at radius 1 is 1.21 bits per heavy atom. The molecular weight excluding hydrogens is 172 g/mol. The molecule has 1 heteroatoms. The Bertz CT molecular complexity index is 184. The van der Waals surface area contributed by atoms with Crippen LogP contribution in [0.15, 0.2) is 12.2 Å². The molecule has 5 radical (unpaired) electrons. The van der Waals surface area contributed by atoms with Gasteiger partial charge in [-0.05, 0) is 32.1 Å². The van der Waals surface area contributed by atoms with Gasteiger partial charge in [0.25, 0.3) is 0 Å². The van der Waals surface area contributed by atoms with Crippen molar-refractivity contribution in [1.29, 1.82) is 0 Å². The lowest BCUT2D eigenvalue weighted by molar-refractivity contribution is -0.105. The molecule has 0 spiro atoms. The number of hydrogen-bond acceptors (Lipinski definition) is 1. The van der Waals surface area contributed by atoms with Crippen LogP contribution in [0.2, 0.25) is 0 Å². The first kappa shape index (κ1) is 11.5. The highest BCUT2D eigenvalue weighted by Gasteiger charge is 2.26. The highest BCUT2D eigenvalue weighted by Crippen LogP contribution is 2.32. The van der Waals surface area contributed by atoms with Gasteiger partial charge in [-0.1, -0.05) is 31.9 Å².